The molecule has 21 heavy (non-hydrogen) atoms. The fourth-order valence-corrected chi connectivity index (χ4v) is 1.90. The number of nitrogens with zero attached hydrogens (tertiary/aromatic N) is 1. The quantitative estimate of drug-likeness (QED) is 0.686. The smallest absolute Gasteiger partial charge is 0.279 e. The fraction of sp³-hybridized carbons (Fsp3) is 0.333. The highest BCUT2D eigenvalue weighted by Gasteiger charge is 2.14. The van der Waals surface area contributed by atoms with Crippen LogP contribution in [0.15, 0.2) is 24.3 Å². The van der Waals surface area contributed by atoms with E-state index in [0.29, 0.717) is 11.4 Å². The van der Waals surface area contributed by atoms with Gasteiger partial charge in [0.25, 0.3) is 10.2 Å². The molecule has 116 valence electrons. The minimum absolute atomic E-state index is 0.190. The second kappa shape index (κ2) is 7.16. The number of nitrogens with one attached hydrogen (secondary N) is 3. The molecule has 0 aliphatic heterocycles. The lowest BCUT2D eigenvalue weighted by molar-refractivity contribution is -0.115. The standard InChI is InChI=1S/C12H18N4O4S/c1-9(17)14-10-4-6-11(7-5-10)15-12(18)8-13-21(19,20)16(2)3/h4-7,13H,8H2,1-3H3,(H,14,17)(H,15,18). The van der Waals surface area contributed by atoms with Crippen LogP contribution in [0.25, 0.3) is 0 Å². The zero-order valence-corrected chi connectivity index (χ0v) is 12.8. The van der Waals surface area contributed by atoms with Gasteiger partial charge in [-0.15, -0.1) is 0 Å². The summed E-state index contributed by atoms with van der Waals surface area (Å²) >= 11 is 0. The Bertz CT molecular complexity index is 611. The van der Waals surface area contributed by atoms with Gasteiger partial charge in [-0.3, -0.25) is 9.59 Å². The maximum Gasteiger partial charge on any atom is 0.279 e. The molecular formula is C12H18N4O4S. The van der Waals surface area contributed by atoms with Crippen molar-refractivity contribution < 1.29 is 18.0 Å². The van der Waals surface area contributed by atoms with Crippen molar-refractivity contribution >= 4 is 33.4 Å². The Balaban J connectivity index is 2.54. The first-order valence-corrected chi connectivity index (χ1v) is 7.49. The average Bonchev–Trinajstić information content (AvgIpc) is 2.38. The number of anilines is 2. The van der Waals surface area contributed by atoms with E-state index in [-0.39, 0.29) is 12.5 Å². The summed E-state index contributed by atoms with van der Waals surface area (Å²) in [6.45, 7) is 1.03. The number of hydrogen-bond donors (Lipinski definition) is 3. The summed E-state index contributed by atoms with van der Waals surface area (Å²) < 4.78 is 26.0. The van der Waals surface area contributed by atoms with E-state index in [0.717, 1.165) is 4.31 Å². The van der Waals surface area contributed by atoms with Crippen LogP contribution in [0.5, 0.6) is 0 Å². The van der Waals surface area contributed by atoms with Crippen molar-refractivity contribution in [2.45, 2.75) is 6.92 Å². The van der Waals surface area contributed by atoms with Crippen molar-refractivity contribution in [1.82, 2.24) is 9.03 Å². The van der Waals surface area contributed by atoms with Gasteiger partial charge >= 0.3 is 0 Å². The van der Waals surface area contributed by atoms with E-state index in [2.05, 4.69) is 15.4 Å². The SMILES string of the molecule is CC(=O)Nc1ccc(NC(=O)CNS(=O)(=O)N(C)C)cc1. The summed E-state index contributed by atoms with van der Waals surface area (Å²) in [4.78, 5) is 22.5. The van der Waals surface area contributed by atoms with Gasteiger partial charge in [0.1, 0.15) is 0 Å². The molecule has 0 radical (unpaired) electrons. The van der Waals surface area contributed by atoms with Gasteiger partial charge in [-0.05, 0) is 24.3 Å². The molecule has 0 heterocycles. The molecule has 8 nitrogen and oxygen atoms in total. The Hall–Kier alpha value is -1.97. The van der Waals surface area contributed by atoms with E-state index in [1.54, 1.807) is 24.3 Å². The molecule has 0 saturated carbocycles. The number of carbonyl (C=O) groups is 2. The van der Waals surface area contributed by atoms with Crippen LogP contribution in [0.1, 0.15) is 6.92 Å². The lowest BCUT2D eigenvalue weighted by Gasteiger charge is -2.12. The minimum Gasteiger partial charge on any atom is -0.326 e. The zero-order valence-electron chi connectivity index (χ0n) is 12.0. The molecule has 0 bridgehead atoms. The normalized spacial score (nSPS) is 11.2. The molecular weight excluding hydrogens is 296 g/mol. The zero-order chi connectivity index (χ0) is 16.0. The summed E-state index contributed by atoms with van der Waals surface area (Å²) in [5.74, 6) is -0.683. The van der Waals surface area contributed by atoms with Crippen LogP contribution in [-0.4, -0.2) is 45.2 Å². The van der Waals surface area contributed by atoms with Crippen molar-refractivity contribution in [3.05, 3.63) is 24.3 Å². The van der Waals surface area contributed by atoms with Gasteiger partial charge < -0.3 is 10.6 Å². The van der Waals surface area contributed by atoms with Crippen molar-refractivity contribution in [2.24, 2.45) is 0 Å². The van der Waals surface area contributed by atoms with Crippen LogP contribution in [0, 0.1) is 0 Å². The maximum absolute atomic E-state index is 11.6. The summed E-state index contributed by atoms with van der Waals surface area (Å²) in [6, 6.07) is 6.45. The van der Waals surface area contributed by atoms with Gasteiger partial charge in [0.05, 0.1) is 6.54 Å². The summed E-state index contributed by atoms with van der Waals surface area (Å²) in [5.41, 5.74) is 1.10. The predicted molar refractivity (Wildman–Crippen MR) is 80.0 cm³/mol. The predicted octanol–water partition coefficient (Wildman–Crippen LogP) is -0.0205. The van der Waals surface area contributed by atoms with E-state index in [1.165, 1.54) is 21.0 Å². The number of rotatable bonds is 6. The molecule has 0 saturated heterocycles. The van der Waals surface area contributed by atoms with Gasteiger partial charge in [0.2, 0.25) is 11.8 Å². The molecule has 0 aliphatic rings. The number of benzene rings is 1. The largest absolute Gasteiger partial charge is 0.326 e. The van der Waals surface area contributed by atoms with Gasteiger partial charge in [-0.25, -0.2) is 0 Å². The van der Waals surface area contributed by atoms with E-state index in [9.17, 15) is 18.0 Å². The van der Waals surface area contributed by atoms with Gasteiger partial charge in [0, 0.05) is 32.4 Å². The lowest BCUT2D eigenvalue weighted by atomic mass is 10.2. The van der Waals surface area contributed by atoms with Crippen molar-refractivity contribution in [1.29, 1.82) is 0 Å². The Labute approximate surface area is 123 Å². The molecule has 2 amide bonds. The topological polar surface area (TPSA) is 108 Å². The molecule has 0 atom stereocenters. The molecule has 0 aliphatic carbocycles. The van der Waals surface area contributed by atoms with Crippen molar-refractivity contribution in [2.75, 3.05) is 31.3 Å². The molecule has 1 aromatic carbocycles. The maximum atomic E-state index is 11.6. The van der Waals surface area contributed by atoms with E-state index in [1.807, 2.05) is 0 Å². The number of carbonyl (C=O) groups excluding carboxylic acids is 2. The van der Waals surface area contributed by atoms with Crippen LogP contribution >= 0.6 is 0 Å². The second-order valence-corrected chi connectivity index (χ2v) is 6.38. The molecule has 0 aromatic heterocycles. The average molecular weight is 314 g/mol. The summed E-state index contributed by atoms with van der Waals surface area (Å²) in [5, 5.41) is 5.13. The fourth-order valence-electron chi connectivity index (χ4n) is 1.33. The first-order valence-electron chi connectivity index (χ1n) is 6.05. The van der Waals surface area contributed by atoms with E-state index >= 15 is 0 Å². The Morgan fingerprint density at radius 3 is 1.95 bits per heavy atom. The third kappa shape index (κ3) is 5.90. The molecule has 0 spiro atoms. The molecule has 0 unspecified atom stereocenters. The highest BCUT2D eigenvalue weighted by atomic mass is 32.2. The number of amides is 2. The summed E-state index contributed by atoms with van der Waals surface area (Å²) in [6.07, 6.45) is 0. The van der Waals surface area contributed by atoms with E-state index in [4.69, 9.17) is 0 Å². The monoisotopic (exact) mass is 314 g/mol. The van der Waals surface area contributed by atoms with Crippen LogP contribution in [0.4, 0.5) is 11.4 Å². The molecule has 9 heteroatoms. The van der Waals surface area contributed by atoms with Crippen molar-refractivity contribution in [3.63, 3.8) is 0 Å². The van der Waals surface area contributed by atoms with Gasteiger partial charge in [-0.2, -0.15) is 17.4 Å². The van der Waals surface area contributed by atoms with Crippen molar-refractivity contribution in [3.8, 4) is 0 Å². The molecule has 1 aromatic rings. The van der Waals surface area contributed by atoms with Crippen LogP contribution in [0.2, 0.25) is 0 Å². The van der Waals surface area contributed by atoms with E-state index < -0.39 is 16.1 Å². The van der Waals surface area contributed by atoms with Crippen LogP contribution in [0.3, 0.4) is 0 Å². The Morgan fingerprint density at radius 2 is 1.52 bits per heavy atom. The second-order valence-electron chi connectivity index (χ2n) is 4.42. The lowest BCUT2D eigenvalue weighted by Crippen LogP contribution is -2.40. The highest BCUT2D eigenvalue weighted by Crippen LogP contribution is 2.13. The summed E-state index contributed by atoms with van der Waals surface area (Å²) in [7, 11) is -0.907. The first kappa shape index (κ1) is 17.1. The Kier molecular flexibility index (Phi) is 5.82. The van der Waals surface area contributed by atoms with Crippen LogP contribution in [-0.2, 0) is 19.8 Å². The minimum atomic E-state index is -3.63. The third-order valence-electron chi connectivity index (χ3n) is 2.38. The molecule has 1 rings (SSSR count). The number of hydrogen-bond acceptors (Lipinski definition) is 4. The van der Waals surface area contributed by atoms with Gasteiger partial charge in [0.15, 0.2) is 0 Å². The molecule has 0 fully saturated rings. The Morgan fingerprint density at radius 1 is 1.05 bits per heavy atom. The van der Waals surface area contributed by atoms with Gasteiger partial charge in [-0.1, -0.05) is 0 Å². The first-order chi connectivity index (χ1) is 9.70. The molecule has 3 N–H and O–H groups in total. The highest BCUT2D eigenvalue weighted by molar-refractivity contribution is 7.87. The van der Waals surface area contributed by atoms with Crippen LogP contribution < -0.4 is 15.4 Å². The third-order valence-corrected chi connectivity index (χ3v) is 3.86.